The van der Waals surface area contributed by atoms with Crippen molar-refractivity contribution in [3.05, 3.63) is 29.8 Å². The number of carbonyl (C=O) groups excluding carboxylic acids is 2. The van der Waals surface area contributed by atoms with Gasteiger partial charge in [-0.1, -0.05) is 12.1 Å². The van der Waals surface area contributed by atoms with E-state index in [0.29, 0.717) is 0 Å². The summed E-state index contributed by atoms with van der Waals surface area (Å²) in [5.74, 6) is -2.28. The second-order valence-electron chi connectivity index (χ2n) is 5.29. The number of nitrogens with two attached hydrogens (primary N) is 1. The number of rotatable bonds is 8. The van der Waals surface area contributed by atoms with Gasteiger partial charge in [-0.3, -0.25) is 14.4 Å². The van der Waals surface area contributed by atoms with Crippen molar-refractivity contribution in [2.45, 2.75) is 31.5 Å². The van der Waals surface area contributed by atoms with Crippen molar-refractivity contribution in [2.24, 2.45) is 5.73 Å². The second kappa shape index (κ2) is 9.14. The van der Waals surface area contributed by atoms with Crippen LogP contribution in [0, 0.1) is 0 Å². The Balaban J connectivity index is 2.60. The van der Waals surface area contributed by atoms with Crippen molar-refractivity contribution in [3.8, 4) is 5.75 Å². The first kappa shape index (κ1) is 19.8. The van der Waals surface area contributed by atoms with Crippen LogP contribution in [-0.2, 0) is 20.8 Å². The molecule has 3 unspecified atom stereocenters. The third-order valence-electron chi connectivity index (χ3n) is 3.27. The Morgan fingerprint density at radius 3 is 2.25 bits per heavy atom. The molecule has 0 saturated carbocycles. The lowest BCUT2D eigenvalue weighted by Crippen LogP contribution is -2.55. The molecule has 0 saturated heterocycles. The molecular formula is C15H21N3O5S. The van der Waals surface area contributed by atoms with Gasteiger partial charge in [0.1, 0.15) is 17.8 Å². The Morgan fingerprint density at radius 1 is 1.17 bits per heavy atom. The van der Waals surface area contributed by atoms with Gasteiger partial charge in [0.15, 0.2) is 0 Å². The normalized spacial score (nSPS) is 14.3. The van der Waals surface area contributed by atoms with Crippen LogP contribution < -0.4 is 16.4 Å². The quantitative estimate of drug-likeness (QED) is 0.339. The Morgan fingerprint density at radius 2 is 1.75 bits per heavy atom. The average molecular weight is 355 g/mol. The maximum atomic E-state index is 12.1. The Hall–Kier alpha value is -2.26. The molecule has 3 atom stereocenters. The van der Waals surface area contributed by atoms with Crippen molar-refractivity contribution in [2.75, 3.05) is 5.75 Å². The molecule has 0 heterocycles. The van der Waals surface area contributed by atoms with Crippen LogP contribution in [0.25, 0.3) is 0 Å². The molecule has 1 rings (SSSR count). The van der Waals surface area contributed by atoms with Crippen LogP contribution in [0.15, 0.2) is 24.3 Å². The largest absolute Gasteiger partial charge is 0.508 e. The molecule has 0 aliphatic rings. The van der Waals surface area contributed by atoms with Crippen LogP contribution in [0.5, 0.6) is 5.75 Å². The summed E-state index contributed by atoms with van der Waals surface area (Å²) in [5, 5.41) is 22.7. The highest BCUT2D eigenvalue weighted by atomic mass is 32.1. The highest BCUT2D eigenvalue weighted by Crippen LogP contribution is 2.11. The minimum absolute atomic E-state index is 0.00413. The van der Waals surface area contributed by atoms with E-state index in [-0.39, 0.29) is 17.9 Å². The van der Waals surface area contributed by atoms with E-state index in [0.717, 1.165) is 5.56 Å². The van der Waals surface area contributed by atoms with Gasteiger partial charge >= 0.3 is 5.97 Å². The average Bonchev–Trinajstić information content (AvgIpc) is 2.53. The van der Waals surface area contributed by atoms with E-state index in [2.05, 4.69) is 23.3 Å². The number of amides is 2. The van der Waals surface area contributed by atoms with Crippen molar-refractivity contribution in [3.63, 3.8) is 0 Å². The van der Waals surface area contributed by atoms with E-state index in [1.54, 1.807) is 12.1 Å². The predicted octanol–water partition coefficient (Wildman–Crippen LogP) is -0.734. The highest BCUT2D eigenvalue weighted by Gasteiger charge is 2.25. The van der Waals surface area contributed by atoms with Gasteiger partial charge in [0.25, 0.3) is 0 Å². The number of phenolic OH excluding ortho intramolecular Hbond substituents is 1. The van der Waals surface area contributed by atoms with Crippen molar-refractivity contribution < 1.29 is 24.6 Å². The molecule has 132 valence electrons. The zero-order chi connectivity index (χ0) is 18.3. The monoisotopic (exact) mass is 355 g/mol. The molecule has 8 nitrogen and oxygen atoms in total. The van der Waals surface area contributed by atoms with E-state index in [4.69, 9.17) is 10.8 Å². The molecule has 0 aliphatic carbocycles. The number of aromatic hydroxyl groups is 1. The van der Waals surface area contributed by atoms with E-state index in [1.807, 2.05) is 0 Å². The third-order valence-corrected chi connectivity index (χ3v) is 3.64. The molecule has 6 N–H and O–H groups in total. The smallest absolute Gasteiger partial charge is 0.325 e. The first-order valence-corrected chi connectivity index (χ1v) is 7.85. The van der Waals surface area contributed by atoms with Crippen LogP contribution >= 0.6 is 12.6 Å². The Labute approximate surface area is 144 Å². The minimum Gasteiger partial charge on any atom is -0.508 e. The fourth-order valence-electron chi connectivity index (χ4n) is 1.83. The second-order valence-corrected chi connectivity index (χ2v) is 5.65. The first-order valence-electron chi connectivity index (χ1n) is 7.22. The Bertz CT molecular complexity index is 593. The van der Waals surface area contributed by atoms with E-state index in [1.165, 1.54) is 19.1 Å². The zero-order valence-electron chi connectivity index (χ0n) is 13.1. The third kappa shape index (κ3) is 6.09. The van der Waals surface area contributed by atoms with Crippen molar-refractivity contribution in [1.29, 1.82) is 0 Å². The summed E-state index contributed by atoms with van der Waals surface area (Å²) in [4.78, 5) is 34.8. The number of thiol groups is 1. The molecule has 0 aliphatic heterocycles. The van der Waals surface area contributed by atoms with Gasteiger partial charge in [0.05, 0.1) is 6.04 Å². The number of hydrogen-bond acceptors (Lipinski definition) is 6. The molecular weight excluding hydrogens is 334 g/mol. The van der Waals surface area contributed by atoms with Gasteiger partial charge in [0, 0.05) is 5.75 Å². The summed E-state index contributed by atoms with van der Waals surface area (Å²) >= 11 is 3.99. The summed E-state index contributed by atoms with van der Waals surface area (Å²) in [6, 6.07) is 3.27. The lowest BCUT2D eigenvalue weighted by atomic mass is 10.1. The van der Waals surface area contributed by atoms with Gasteiger partial charge in [-0.15, -0.1) is 0 Å². The number of carboxylic acid groups (broad SMARTS) is 1. The number of nitrogens with one attached hydrogen (secondary N) is 2. The molecule has 0 radical (unpaired) electrons. The molecule has 9 heteroatoms. The number of hydrogen-bond donors (Lipinski definition) is 6. The maximum absolute atomic E-state index is 12.1. The topological polar surface area (TPSA) is 142 Å². The van der Waals surface area contributed by atoms with Crippen molar-refractivity contribution >= 4 is 30.4 Å². The van der Waals surface area contributed by atoms with Crippen LogP contribution in [0.3, 0.4) is 0 Å². The summed E-state index contributed by atoms with van der Waals surface area (Å²) in [6.45, 7) is 1.31. The fourth-order valence-corrected chi connectivity index (χ4v) is 2.08. The number of aliphatic carboxylic acids is 1. The van der Waals surface area contributed by atoms with Gasteiger partial charge < -0.3 is 26.6 Å². The zero-order valence-corrected chi connectivity index (χ0v) is 14.0. The summed E-state index contributed by atoms with van der Waals surface area (Å²) in [5.41, 5.74) is 6.57. The predicted molar refractivity (Wildman–Crippen MR) is 90.8 cm³/mol. The fraction of sp³-hybridized carbons (Fsp3) is 0.400. The van der Waals surface area contributed by atoms with Crippen LogP contribution in [0.4, 0.5) is 0 Å². The molecule has 1 aromatic carbocycles. The number of carbonyl (C=O) groups is 3. The van der Waals surface area contributed by atoms with Crippen LogP contribution in [0.2, 0.25) is 0 Å². The van der Waals surface area contributed by atoms with Gasteiger partial charge in [-0.2, -0.15) is 12.6 Å². The lowest BCUT2D eigenvalue weighted by Gasteiger charge is -2.20. The molecule has 24 heavy (non-hydrogen) atoms. The lowest BCUT2D eigenvalue weighted by molar-refractivity contribution is -0.141. The number of phenols is 1. The van der Waals surface area contributed by atoms with Crippen LogP contribution in [-0.4, -0.2) is 51.9 Å². The van der Waals surface area contributed by atoms with Gasteiger partial charge in [-0.25, -0.2) is 0 Å². The first-order chi connectivity index (χ1) is 11.2. The van der Waals surface area contributed by atoms with Crippen molar-refractivity contribution in [1.82, 2.24) is 10.6 Å². The summed E-state index contributed by atoms with van der Waals surface area (Å²) < 4.78 is 0. The van der Waals surface area contributed by atoms with E-state index >= 15 is 0 Å². The molecule has 1 aromatic rings. The van der Waals surface area contributed by atoms with E-state index < -0.39 is 35.9 Å². The molecule has 2 amide bonds. The standard InChI is InChI=1S/C15H21N3O5S/c1-8(15(22)23)17-14(21)12(7-24)18-13(20)11(16)6-9-2-4-10(19)5-3-9/h2-5,8,11-12,19,24H,6-7,16H2,1H3,(H,17,21)(H,18,20)(H,22,23). The molecule has 0 spiro atoms. The molecule has 0 aromatic heterocycles. The molecule has 0 bridgehead atoms. The highest BCUT2D eigenvalue weighted by molar-refractivity contribution is 7.80. The minimum atomic E-state index is -1.18. The SMILES string of the molecule is CC(NC(=O)C(CS)NC(=O)C(N)Cc1ccc(O)cc1)C(=O)O. The summed E-state index contributed by atoms with van der Waals surface area (Å²) in [6.07, 6.45) is 0.221. The number of carboxylic acids is 1. The summed E-state index contributed by atoms with van der Waals surface area (Å²) in [7, 11) is 0. The van der Waals surface area contributed by atoms with Gasteiger partial charge in [0.2, 0.25) is 11.8 Å². The maximum Gasteiger partial charge on any atom is 0.325 e. The Kier molecular flexibility index (Phi) is 7.53. The van der Waals surface area contributed by atoms with E-state index in [9.17, 15) is 19.5 Å². The van der Waals surface area contributed by atoms with Crippen LogP contribution in [0.1, 0.15) is 12.5 Å². The number of benzene rings is 1. The van der Waals surface area contributed by atoms with Gasteiger partial charge in [-0.05, 0) is 31.0 Å². The molecule has 0 fully saturated rings.